The Morgan fingerprint density at radius 1 is 0.900 bits per heavy atom. The molecule has 9 nitrogen and oxygen atoms in total. The number of amides is 1. The highest BCUT2D eigenvalue weighted by Crippen LogP contribution is 2.47. The van der Waals surface area contributed by atoms with Crippen LogP contribution in [0.15, 0.2) is 48.9 Å². The molecule has 1 N–H and O–H groups in total. The van der Waals surface area contributed by atoms with E-state index in [0.29, 0.717) is 61.0 Å². The molecule has 11 heteroatoms. The van der Waals surface area contributed by atoms with Crippen molar-refractivity contribution >= 4 is 51.6 Å². The van der Waals surface area contributed by atoms with Gasteiger partial charge in [-0.25, -0.2) is 4.98 Å². The molecule has 0 aliphatic carbocycles. The van der Waals surface area contributed by atoms with Gasteiger partial charge in [0.2, 0.25) is 0 Å². The Kier molecular flexibility index (Phi) is 8.25. The van der Waals surface area contributed by atoms with Crippen LogP contribution < -0.4 is 19.7 Å². The highest BCUT2D eigenvalue weighted by atomic mass is 35.5. The number of anilines is 2. The Morgan fingerprint density at radius 3 is 2.12 bits per heavy atom. The summed E-state index contributed by atoms with van der Waals surface area (Å²) in [6, 6.07) is 9.37. The van der Waals surface area contributed by atoms with Crippen LogP contribution in [0.2, 0.25) is 10.0 Å². The SMILES string of the molecule is COc1cc(OC)c(Cl)c(-c2ccc(C(=O)Nc3ccc(N4CCN(C(C)C)CC4)nc3)c3nccnc23)c1Cl. The van der Waals surface area contributed by atoms with Gasteiger partial charge in [0.25, 0.3) is 5.91 Å². The summed E-state index contributed by atoms with van der Waals surface area (Å²) in [6.07, 6.45) is 4.76. The van der Waals surface area contributed by atoms with Crippen LogP contribution in [0.4, 0.5) is 11.5 Å². The maximum Gasteiger partial charge on any atom is 0.257 e. The summed E-state index contributed by atoms with van der Waals surface area (Å²) in [6.45, 7) is 8.27. The maximum absolute atomic E-state index is 13.4. The average Bonchev–Trinajstić information content (AvgIpc) is 2.98. The van der Waals surface area contributed by atoms with Crippen molar-refractivity contribution in [1.29, 1.82) is 0 Å². The minimum absolute atomic E-state index is 0.300. The number of piperazine rings is 1. The summed E-state index contributed by atoms with van der Waals surface area (Å²) < 4.78 is 10.8. The van der Waals surface area contributed by atoms with Gasteiger partial charge in [0.05, 0.1) is 47.2 Å². The standard InChI is InChI=1S/C29H30Cl2N6O3/c1-17(2)36-11-13-37(14-12-36)23-8-5-18(16-34-23)35-29(38)20-7-6-19(27-28(20)33-10-9-32-27)24-25(30)21(39-3)15-22(40-4)26(24)31/h5-10,15-17H,11-14H2,1-4H3,(H,35,38). The minimum Gasteiger partial charge on any atom is -0.495 e. The number of ether oxygens (including phenoxy) is 2. The first-order chi connectivity index (χ1) is 19.3. The van der Waals surface area contributed by atoms with Crippen molar-refractivity contribution in [2.45, 2.75) is 19.9 Å². The van der Waals surface area contributed by atoms with Crippen molar-refractivity contribution in [3.8, 4) is 22.6 Å². The van der Waals surface area contributed by atoms with Crippen molar-refractivity contribution in [3.05, 3.63) is 64.5 Å². The molecular formula is C29H30Cl2N6O3. The number of fused-ring (bicyclic) bond motifs is 1. The van der Waals surface area contributed by atoms with Gasteiger partial charge in [0.15, 0.2) is 0 Å². The largest absolute Gasteiger partial charge is 0.495 e. The quantitative estimate of drug-likeness (QED) is 0.293. The number of benzene rings is 2. The first-order valence-electron chi connectivity index (χ1n) is 12.9. The lowest BCUT2D eigenvalue weighted by Crippen LogP contribution is -2.49. The molecule has 1 amide bonds. The fourth-order valence-electron chi connectivity index (χ4n) is 4.88. The Labute approximate surface area is 243 Å². The van der Waals surface area contributed by atoms with Crippen molar-refractivity contribution in [3.63, 3.8) is 0 Å². The molecule has 208 valence electrons. The Morgan fingerprint density at radius 2 is 1.55 bits per heavy atom. The Hall–Kier alpha value is -3.66. The monoisotopic (exact) mass is 580 g/mol. The highest BCUT2D eigenvalue weighted by molar-refractivity contribution is 6.41. The summed E-state index contributed by atoms with van der Waals surface area (Å²) in [5.41, 5.74) is 2.87. The van der Waals surface area contributed by atoms with Gasteiger partial charge in [-0.1, -0.05) is 29.3 Å². The fraction of sp³-hybridized carbons (Fsp3) is 0.310. The second kappa shape index (κ2) is 11.8. The molecule has 0 saturated carbocycles. The molecule has 0 atom stereocenters. The van der Waals surface area contributed by atoms with Crippen LogP contribution in [0.1, 0.15) is 24.2 Å². The second-order valence-electron chi connectivity index (χ2n) is 9.67. The molecule has 0 spiro atoms. The number of rotatable bonds is 7. The first-order valence-corrected chi connectivity index (χ1v) is 13.7. The van der Waals surface area contributed by atoms with E-state index in [4.69, 9.17) is 32.7 Å². The summed E-state index contributed by atoms with van der Waals surface area (Å²) in [5.74, 6) is 1.35. The molecule has 0 unspecified atom stereocenters. The summed E-state index contributed by atoms with van der Waals surface area (Å²) in [4.78, 5) is 31.7. The molecule has 0 bridgehead atoms. The Bertz CT molecular complexity index is 1510. The lowest BCUT2D eigenvalue weighted by molar-refractivity contribution is 0.102. The van der Waals surface area contributed by atoms with E-state index in [1.807, 2.05) is 12.1 Å². The van der Waals surface area contributed by atoms with Crippen molar-refractivity contribution < 1.29 is 14.3 Å². The van der Waals surface area contributed by atoms with E-state index in [0.717, 1.165) is 32.0 Å². The van der Waals surface area contributed by atoms with E-state index in [9.17, 15) is 4.79 Å². The van der Waals surface area contributed by atoms with E-state index in [2.05, 4.69) is 43.9 Å². The lowest BCUT2D eigenvalue weighted by Gasteiger charge is -2.37. The summed E-state index contributed by atoms with van der Waals surface area (Å²) in [5, 5.41) is 3.53. The number of hydrogen-bond acceptors (Lipinski definition) is 8. The van der Waals surface area contributed by atoms with E-state index < -0.39 is 0 Å². The van der Waals surface area contributed by atoms with Gasteiger partial charge < -0.3 is 19.7 Å². The third-order valence-electron chi connectivity index (χ3n) is 7.09. The van der Waals surface area contributed by atoms with Gasteiger partial charge in [-0.05, 0) is 32.0 Å². The predicted octanol–water partition coefficient (Wildman–Crippen LogP) is 5.80. The van der Waals surface area contributed by atoms with Crippen LogP contribution in [0, 0.1) is 0 Å². The van der Waals surface area contributed by atoms with Crippen LogP contribution >= 0.6 is 23.2 Å². The van der Waals surface area contributed by atoms with Crippen LogP contribution in [0.5, 0.6) is 11.5 Å². The van der Waals surface area contributed by atoms with E-state index >= 15 is 0 Å². The van der Waals surface area contributed by atoms with Crippen LogP contribution in [0.3, 0.4) is 0 Å². The molecule has 0 radical (unpaired) electrons. The highest BCUT2D eigenvalue weighted by Gasteiger charge is 2.24. The predicted molar refractivity (Wildman–Crippen MR) is 159 cm³/mol. The van der Waals surface area contributed by atoms with Gasteiger partial charge in [-0.2, -0.15) is 0 Å². The van der Waals surface area contributed by atoms with Gasteiger partial charge >= 0.3 is 0 Å². The number of carbonyl (C=O) groups is 1. The van der Waals surface area contributed by atoms with E-state index in [1.54, 1.807) is 30.6 Å². The van der Waals surface area contributed by atoms with Crippen molar-refractivity contribution in [2.75, 3.05) is 50.6 Å². The lowest BCUT2D eigenvalue weighted by atomic mass is 9.99. The molecule has 1 fully saturated rings. The number of carbonyl (C=O) groups excluding carboxylic acids is 1. The third kappa shape index (κ3) is 5.37. The van der Waals surface area contributed by atoms with Gasteiger partial charge in [0.1, 0.15) is 22.8 Å². The molecule has 1 aliphatic heterocycles. The molecule has 3 heterocycles. The van der Waals surface area contributed by atoms with Crippen LogP contribution in [-0.2, 0) is 0 Å². The van der Waals surface area contributed by atoms with Crippen molar-refractivity contribution in [1.82, 2.24) is 19.9 Å². The maximum atomic E-state index is 13.4. The fourth-order valence-corrected chi connectivity index (χ4v) is 5.58. The van der Waals surface area contributed by atoms with Crippen LogP contribution in [0.25, 0.3) is 22.2 Å². The topological polar surface area (TPSA) is 92.7 Å². The zero-order chi connectivity index (χ0) is 28.4. The van der Waals surface area contributed by atoms with Gasteiger partial charge in [0, 0.05) is 61.8 Å². The second-order valence-corrected chi connectivity index (χ2v) is 10.4. The molecule has 40 heavy (non-hydrogen) atoms. The normalized spacial score (nSPS) is 14.0. The molecule has 1 saturated heterocycles. The smallest absolute Gasteiger partial charge is 0.257 e. The minimum atomic E-state index is -0.336. The number of nitrogens with zero attached hydrogens (tertiary/aromatic N) is 5. The van der Waals surface area contributed by atoms with Gasteiger partial charge in [-0.15, -0.1) is 0 Å². The molecule has 4 aromatic rings. The number of aromatic nitrogens is 3. The number of pyridine rings is 1. The molecule has 2 aromatic carbocycles. The molecule has 5 rings (SSSR count). The van der Waals surface area contributed by atoms with E-state index in [1.165, 1.54) is 20.4 Å². The molecular weight excluding hydrogens is 551 g/mol. The number of nitrogens with one attached hydrogen (secondary N) is 1. The van der Waals surface area contributed by atoms with Crippen LogP contribution in [-0.4, -0.2) is 72.2 Å². The number of halogens is 2. The average molecular weight is 582 g/mol. The number of methoxy groups -OCH3 is 2. The zero-order valence-corrected chi connectivity index (χ0v) is 24.3. The van der Waals surface area contributed by atoms with E-state index in [-0.39, 0.29) is 5.91 Å². The first kappa shape index (κ1) is 27.9. The number of hydrogen-bond donors (Lipinski definition) is 1. The third-order valence-corrected chi connectivity index (χ3v) is 7.84. The van der Waals surface area contributed by atoms with Gasteiger partial charge in [-0.3, -0.25) is 19.7 Å². The summed E-state index contributed by atoms with van der Waals surface area (Å²) >= 11 is 13.3. The summed E-state index contributed by atoms with van der Waals surface area (Å²) in [7, 11) is 3.02. The zero-order valence-electron chi connectivity index (χ0n) is 22.7. The van der Waals surface area contributed by atoms with Crippen molar-refractivity contribution in [2.24, 2.45) is 0 Å². The molecule has 2 aromatic heterocycles. The molecule has 1 aliphatic rings. The Balaban J connectivity index is 1.42.